The van der Waals surface area contributed by atoms with Gasteiger partial charge in [0, 0.05) is 19.5 Å². The number of rotatable bonds is 9. The van der Waals surface area contributed by atoms with E-state index in [1.54, 1.807) is 0 Å². The van der Waals surface area contributed by atoms with Crippen molar-refractivity contribution < 1.29 is 24.2 Å². The van der Waals surface area contributed by atoms with Gasteiger partial charge in [0.1, 0.15) is 13.2 Å². The van der Waals surface area contributed by atoms with Gasteiger partial charge in [-0.05, 0) is 6.42 Å². The predicted octanol–water partition coefficient (Wildman–Crippen LogP) is -0.880. The van der Waals surface area contributed by atoms with Crippen molar-refractivity contribution in [3.05, 3.63) is 0 Å². The summed E-state index contributed by atoms with van der Waals surface area (Å²) in [7, 11) is 0. The molecule has 0 rings (SSSR count). The highest BCUT2D eigenvalue weighted by Gasteiger charge is 2.04. The van der Waals surface area contributed by atoms with Gasteiger partial charge in [0.15, 0.2) is 0 Å². The molecule has 0 bridgehead atoms. The van der Waals surface area contributed by atoms with Crippen LogP contribution in [0, 0.1) is 0 Å². The molecule has 0 aromatic rings. The number of amides is 2. The van der Waals surface area contributed by atoms with Gasteiger partial charge >= 0.3 is 5.97 Å². The topological polar surface area (TPSA) is 105 Å². The Morgan fingerprint density at radius 1 is 1.06 bits per heavy atom. The Balaban J connectivity index is 3.44. The molecule has 0 saturated heterocycles. The summed E-state index contributed by atoms with van der Waals surface area (Å²) in [5.74, 6) is -1.69. The smallest absolute Gasteiger partial charge is 0.329 e. The lowest BCUT2D eigenvalue weighted by atomic mass is 10.3. The Hall–Kier alpha value is -1.63. The van der Waals surface area contributed by atoms with E-state index in [2.05, 4.69) is 15.4 Å². The summed E-state index contributed by atoms with van der Waals surface area (Å²) < 4.78 is 4.57. The Bertz CT molecular complexity index is 267. The molecule has 17 heavy (non-hydrogen) atoms. The number of aliphatic carboxylic acids is 1. The lowest BCUT2D eigenvalue weighted by molar-refractivity contribution is -0.143. The molecule has 7 heteroatoms. The molecule has 0 radical (unpaired) electrons. The number of nitrogens with one attached hydrogen (secondary N) is 2. The van der Waals surface area contributed by atoms with Crippen LogP contribution < -0.4 is 10.6 Å². The summed E-state index contributed by atoms with van der Waals surface area (Å²) in [6, 6.07) is 0. The van der Waals surface area contributed by atoms with Gasteiger partial charge in [0.25, 0.3) is 0 Å². The molecular formula is C10H18N2O5. The van der Waals surface area contributed by atoms with Gasteiger partial charge < -0.3 is 20.5 Å². The van der Waals surface area contributed by atoms with E-state index in [4.69, 9.17) is 5.11 Å². The molecule has 0 heterocycles. The number of carboxylic acids is 1. The third-order valence-electron chi connectivity index (χ3n) is 1.71. The molecule has 0 spiro atoms. The van der Waals surface area contributed by atoms with Crippen LogP contribution in [-0.4, -0.2) is 49.2 Å². The molecule has 0 saturated carbocycles. The molecule has 98 valence electrons. The molecule has 0 atom stereocenters. The van der Waals surface area contributed by atoms with Crippen LogP contribution in [0.4, 0.5) is 0 Å². The molecule has 2 amide bonds. The fourth-order valence-electron chi connectivity index (χ4n) is 0.950. The van der Waals surface area contributed by atoms with Gasteiger partial charge in [-0.25, -0.2) is 4.79 Å². The first kappa shape index (κ1) is 15.4. The number of carboxylic acid groups (broad SMARTS) is 1. The normalized spacial score (nSPS) is 9.71. The Morgan fingerprint density at radius 3 is 2.29 bits per heavy atom. The summed E-state index contributed by atoms with van der Waals surface area (Å²) in [5, 5.41) is 13.4. The summed E-state index contributed by atoms with van der Waals surface area (Å²) in [6.07, 6.45) is 1.06. The van der Waals surface area contributed by atoms with Gasteiger partial charge in [0.2, 0.25) is 11.8 Å². The van der Waals surface area contributed by atoms with Crippen LogP contribution in [-0.2, 0) is 19.1 Å². The zero-order valence-electron chi connectivity index (χ0n) is 9.82. The van der Waals surface area contributed by atoms with Crippen LogP contribution in [0.5, 0.6) is 0 Å². The first-order valence-electron chi connectivity index (χ1n) is 5.39. The fraction of sp³-hybridized carbons (Fsp3) is 0.700. The second-order valence-corrected chi connectivity index (χ2v) is 3.34. The molecule has 0 aliphatic rings. The number of hydrogen-bond donors (Lipinski definition) is 3. The average Bonchev–Trinajstić information content (AvgIpc) is 2.25. The molecular weight excluding hydrogens is 228 g/mol. The Kier molecular flexibility index (Phi) is 8.67. The van der Waals surface area contributed by atoms with Crippen LogP contribution in [0.2, 0.25) is 0 Å². The first-order valence-corrected chi connectivity index (χ1v) is 5.39. The highest BCUT2D eigenvalue weighted by molar-refractivity contribution is 5.79. The third-order valence-corrected chi connectivity index (χ3v) is 1.71. The highest BCUT2D eigenvalue weighted by Crippen LogP contribution is 1.81. The van der Waals surface area contributed by atoms with Crippen molar-refractivity contribution in [3.8, 4) is 0 Å². The van der Waals surface area contributed by atoms with Crippen LogP contribution in [0.25, 0.3) is 0 Å². The fourth-order valence-corrected chi connectivity index (χ4v) is 0.950. The maximum atomic E-state index is 11.1. The van der Waals surface area contributed by atoms with E-state index in [1.165, 1.54) is 0 Å². The summed E-state index contributed by atoms with van der Waals surface area (Å²) in [5.41, 5.74) is 0. The van der Waals surface area contributed by atoms with Crippen LogP contribution in [0.1, 0.15) is 19.8 Å². The van der Waals surface area contributed by atoms with Gasteiger partial charge in [-0.2, -0.15) is 0 Å². The largest absolute Gasteiger partial charge is 0.480 e. The van der Waals surface area contributed by atoms with Crippen LogP contribution in [0.3, 0.4) is 0 Å². The molecule has 7 nitrogen and oxygen atoms in total. The van der Waals surface area contributed by atoms with Crippen LogP contribution >= 0.6 is 0 Å². The first-order chi connectivity index (χ1) is 8.06. The van der Waals surface area contributed by atoms with E-state index in [0.717, 1.165) is 6.42 Å². The van der Waals surface area contributed by atoms with Crippen molar-refractivity contribution in [2.75, 3.05) is 26.3 Å². The minimum absolute atomic E-state index is 0.126. The zero-order chi connectivity index (χ0) is 13.1. The Labute approximate surface area is 99.5 Å². The zero-order valence-corrected chi connectivity index (χ0v) is 9.82. The van der Waals surface area contributed by atoms with Crippen molar-refractivity contribution >= 4 is 17.8 Å². The van der Waals surface area contributed by atoms with Gasteiger partial charge in [-0.1, -0.05) is 6.92 Å². The van der Waals surface area contributed by atoms with Crippen molar-refractivity contribution in [1.29, 1.82) is 0 Å². The van der Waals surface area contributed by atoms with Crippen LogP contribution in [0.15, 0.2) is 0 Å². The quantitative estimate of drug-likeness (QED) is 0.490. The predicted molar refractivity (Wildman–Crippen MR) is 59.4 cm³/mol. The second kappa shape index (κ2) is 9.59. The molecule has 0 fully saturated rings. The van der Waals surface area contributed by atoms with Crippen molar-refractivity contribution in [1.82, 2.24) is 10.6 Å². The number of hydrogen-bond acceptors (Lipinski definition) is 4. The molecule has 0 aliphatic heterocycles. The molecule has 0 aromatic heterocycles. The monoisotopic (exact) mass is 246 g/mol. The van der Waals surface area contributed by atoms with E-state index in [-0.39, 0.29) is 25.5 Å². The summed E-state index contributed by atoms with van der Waals surface area (Å²) in [4.78, 5) is 32.2. The maximum absolute atomic E-state index is 11.1. The SMILES string of the molecule is CCCNC(=O)CCNC(=O)COCC(=O)O. The maximum Gasteiger partial charge on any atom is 0.329 e. The number of ether oxygens (including phenoxy) is 1. The number of carbonyl (C=O) groups excluding carboxylic acids is 2. The van der Waals surface area contributed by atoms with Crippen molar-refractivity contribution in [2.45, 2.75) is 19.8 Å². The van der Waals surface area contributed by atoms with E-state index in [1.807, 2.05) is 6.92 Å². The molecule has 3 N–H and O–H groups in total. The van der Waals surface area contributed by atoms with E-state index in [0.29, 0.717) is 6.54 Å². The average molecular weight is 246 g/mol. The summed E-state index contributed by atoms with van der Waals surface area (Å²) in [6.45, 7) is 1.95. The van der Waals surface area contributed by atoms with Crippen molar-refractivity contribution in [2.24, 2.45) is 0 Å². The van der Waals surface area contributed by atoms with Gasteiger partial charge in [-0.3, -0.25) is 9.59 Å². The molecule has 0 aromatic carbocycles. The Morgan fingerprint density at radius 2 is 1.71 bits per heavy atom. The second-order valence-electron chi connectivity index (χ2n) is 3.34. The lowest BCUT2D eigenvalue weighted by Gasteiger charge is -2.05. The summed E-state index contributed by atoms with van der Waals surface area (Å²) >= 11 is 0. The van der Waals surface area contributed by atoms with E-state index in [9.17, 15) is 14.4 Å². The molecule has 0 unspecified atom stereocenters. The number of carbonyl (C=O) groups is 3. The minimum atomic E-state index is -1.13. The van der Waals surface area contributed by atoms with Gasteiger partial charge in [-0.15, -0.1) is 0 Å². The van der Waals surface area contributed by atoms with E-state index < -0.39 is 18.5 Å². The molecule has 0 aliphatic carbocycles. The lowest BCUT2D eigenvalue weighted by Crippen LogP contribution is -2.33. The van der Waals surface area contributed by atoms with Gasteiger partial charge in [0.05, 0.1) is 0 Å². The standard InChI is InChI=1S/C10H18N2O5/c1-2-4-11-8(13)3-5-12-9(14)6-17-7-10(15)16/h2-7H2,1H3,(H,11,13)(H,12,14)(H,15,16). The van der Waals surface area contributed by atoms with Crippen molar-refractivity contribution in [3.63, 3.8) is 0 Å². The van der Waals surface area contributed by atoms with E-state index >= 15 is 0 Å². The third kappa shape index (κ3) is 10.6. The minimum Gasteiger partial charge on any atom is -0.480 e. The highest BCUT2D eigenvalue weighted by atomic mass is 16.5.